The molecule has 0 aliphatic heterocycles. The van der Waals surface area contributed by atoms with Crippen molar-refractivity contribution in [2.24, 2.45) is 22.5 Å². The van der Waals surface area contributed by atoms with E-state index in [9.17, 15) is 18.0 Å². The first-order valence-electron chi connectivity index (χ1n) is 9.26. The van der Waals surface area contributed by atoms with Crippen molar-refractivity contribution in [1.29, 1.82) is 0 Å². The number of carboxylic acids is 1. The Balaban J connectivity index is 0.000000203. The van der Waals surface area contributed by atoms with Crippen LogP contribution in [0.3, 0.4) is 0 Å². The molecule has 0 radical (unpaired) electrons. The number of carbonyl (C=O) groups excluding carboxylic acids is 1. The summed E-state index contributed by atoms with van der Waals surface area (Å²) in [5, 5.41) is 8.78. The molecule has 3 atom stereocenters. The molecule has 2 bridgehead atoms. The Morgan fingerprint density at radius 2 is 1.86 bits per heavy atom. The zero-order chi connectivity index (χ0) is 21.4. The molecule has 2 fully saturated rings. The fraction of sp³-hybridized carbons (Fsp3) is 0.600. The minimum absolute atomic E-state index is 0.0152. The van der Waals surface area contributed by atoms with Gasteiger partial charge in [-0.3, -0.25) is 14.1 Å². The van der Waals surface area contributed by atoms with Gasteiger partial charge in [-0.1, -0.05) is 44.2 Å². The van der Waals surface area contributed by atoms with Crippen LogP contribution in [0.1, 0.15) is 45.6 Å². The highest BCUT2D eigenvalue weighted by molar-refractivity contribution is 7.85. The van der Waals surface area contributed by atoms with Crippen LogP contribution in [0.15, 0.2) is 30.3 Å². The number of carboxylic acid groups (broad SMARTS) is 1. The largest absolute Gasteiger partial charge is 0.480 e. The van der Waals surface area contributed by atoms with Gasteiger partial charge < -0.3 is 10.8 Å². The lowest BCUT2D eigenvalue weighted by Crippen LogP contribution is -2.46. The first kappa shape index (κ1) is 22.5. The van der Waals surface area contributed by atoms with Crippen LogP contribution in [0.4, 0.5) is 0 Å². The molecule has 3 rings (SSSR count). The molecular weight excluding hydrogens is 382 g/mol. The highest BCUT2D eigenvalue weighted by Gasteiger charge is 2.65. The summed E-state index contributed by atoms with van der Waals surface area (Å²) >= 11 is 0. The summed E-state index contributed by atoms with van der Waals surface area (Å²) < 4.78 is 31.0. The number of aliphatic carboxylic acids is 1. The van der Waals surface area contributed by atoms with E-state index in [1.165, 1.54) is 6.92 Å². The van der Waals surface area contributed by atoms with Crippen molar-refractivity contribution in [2.75, 3.05) is 5.75 Å². The number of fused-ring (bicyclic) bond motifs is 2. The van der Waals surface area contributed by atoms with Crippen LogP contribution in [0, 0.1) is 16.7 Å². The van der Waals surface area contributed by atoms with Gasteiger partial charge in [0.25, 0.3) is 10.1 Å². The van der Waals surface area contributed by atoms with Gasteiger partial charge in [-0.25, -0.2) is 0 Å². The molecule has 0 heterocycles. The van der Waals surface area contributed by atoms with Crippen molar-refractivity contribution in [3.8, 4) is 0 Å². The van der Waals surface area contributed by atoms with Gasteiger partial charge in [0, 0.05) is 12.8 Å². The van der Waals surface area contributed by atoms with Crippen molar-refractivity contribution in [3.63, 3.8) is 0 Å². The number of carbonyl (C=O) groups is 2. The molecule has 1 aromatic carbocycles. The van der Waals surface area contributed by atoms with Gasteiger partial charge in [0.05, 0.1) is 11.2 Å². The molecule has 156 valence electrons. The summed E-state index contributed by atoms with van der Waals surface area (Å²) in [4.78, 5) is 22.6. The summed E-state index contributed by atoms with van der Waals surface area (Å²) in [6, 6.07) is 9.36. The van der Waals surface area contributed by atoms with E-state index in [0.717, 1.165) is 12.0 Å². The Morgan fingerprint density at radius 3 is 2.25 bits per heavy atom. The van der Waals surface area contributed by atoms with E-state index in [1.807, 2.05) is 44.2 Å². The van der Waals surface area contributed by atoms with Crippen LogP contribution in [0.5, 0.6) is 0 Å². The molecule has 7 nitrogen and oxygen atoms in total. The third-order valence-electron chi connectivity index (χ3n) is 6.47. The molecular formula is C20H29NO6S. The molecule has 8 heteroatoms. The lowest BCUT2D eigenvalue weighted by molar-refractivity contribution is -0.142. The molecule has 2 saturated carbocycles. The predicted molar refractivity (Wildman–Crippen MR) is 105 cm³/mol. The second-order valence-electron chi connectivity index (χ2n) is 8.78. The molecule has 0 saturated heterocycles. The number of hydrogen-bond donors (Lipinski definition) is 3. The van der Waals surface area contributed by atoms with E-state index in [2.05, 4.69) is 0 Å². The molecule has 0 amide bonds. The zero-order valence-corrected chi connectivity index (χ0v) is 17.3. The Bertz CT molecular complexity index is 847. The maximum atomic E-state index is 11.9. The van der Waals surface area contributed by atoms with E-state index < -0.39 is 32.8 Å². The highest BCUT2D eigenvalue weighted by atomic mass is 32.2. The summed E-state index contributed by atoms with van der Waals surface area (Å²) in [5.74, 6) is -1.08. The van der Waals surface area contributed by atoms with Crippen LogP contribution in [0.2, 0.25) is 0 Å². The number of hydrogen-bond acceptors (Lipinski definition) is 5. The van der Waals surface area contributed by atoms with Gasteiger partial charge in [-0.15, -0.1) is 0 Å². The molecule has 4 N–H and O–H groups in total. The van der Waals surface area contributed by atoms with E-state index in [1.54, 1.807) is 0 Å². The quantitative estimate of drug-likeness (QED) is 0.633. The number of ketones is 1. The zero-order valence-electron chi connectivity index (χ0n) is 16.5. The number of rotatable bonds is 5. The van der Waals surface area contributed by atoms with Gasteiger partial charge in [-0.05, 0) is 36.7 Å². The van der Waals surface area contributed by atoms with Crippen molar-refractivity contribution < 1.29 is 27.7 Å². The summed E-state index contributed by atoms with van der Waals surface area (Å²) in [7, 11) is -4.08. The van der Waals surface area contributed by atoms with E-state index in [-0.39, 0.29) is 17.1 Å². The molecule has 0 aromatic heterocycles. The van der Waals surface area contributed by atoms with Crippen LogP contribution < -0.4 is 5.73 Å². The summed E-state index contributed by atoms with van der Waals surface area (Å²) in [5.41, 5.74) is 4.23. The van der Waals surface area contributed by atoms with Crippen LogP contribution in [-0.2, 0) is 26.1 Å². The minimum atomic E-state index is -4.08. The Kier molecular flexibility index (Phi) is 6.09. The summed E-state index contributed by atoms with van der Waals surface area (Å²) in [6.07, 6.45) is 2.32. The van der Waals surface area contributed by atoms with Crippen LogP contribution in [0.25, 0.3) is 0 Å². The Morgan fingerprint density at radius 1 is 1.29 bits per heavy atom. The number of nitrogens with two attached hydrogens (primary N) is 1. The Hall–Kier alpha value is -1.77. The average Bonchev–Trinajstić information content (AvgIpc) is 2.88. The predicted octanol–water partition coefficient (Wildman–Crippen LogP) is 2.30. The third-order valence-corrected chi connectivity index (χ3v) is 7.33. The van der Waals surface area contributed by atoms with Gasteiger partial charge in [0.15, 0.2) is 0 Å². The van der Waals surface area contributed by atoms with E-state index in [4.69, 9.17) is 15.4 Å². The van der Waals surface area contributed by atoms with E-state index >= 15 is 0 Å². The van der Waals surface area contributed by atoms with Crippen molar-refractivity contribution in [3.05, 3.63) is 35.9 Å². The van der Waals surface area contributed by atoms with Crippen molar-refractivity contribution in [2.45, 2.75) is 52.0 Å². The Labute approximate surface area is 166 Å². The van der Waals surface area contributed by atoms with Crippen molar-refractivity contribution in [1.82, 2.24) is 0 Å². The van der Waals surface area contributed by atoms with Crippen LogP contribution in [-0.4, -0.2) is 41.1 Å². The van der Waals surface area contributed by atoms with E-state index in [0.29, 0.717) is 19.3 Å². The smallest absolute Gasteiger partial charge is 0.323 e. The minimum Gasteiger partial charge on any atom is -0.480 e. The van der Waals surface area contributed by atoms with Gasteiger partial charge in [0.1, 0.15) is 11.3 Å². The molecule has 1 aromatic rings. The molecule has 2 aliphatic rings. The molecule has 28 heavy (non-hydrogen) atoms. The summed E-state index contributed by atoms with van der Waals surface area (Å²) in [6.45, 7) is 5.41. The van der Waals surface area contributed by atoms with Gasteiger partial charge in [0.2, 0.25) is 0 Å². The lowest BCUT2D eigenvalue weighted by Gasteiger charge is -2.35. The molecule has 2 aliphatic carbocycles. The first-order valence-corrected chi connectivity index (χ1v) is 10.9. The highest BCUT2D eigenvalue weighted by Crippen LogP contribution is 2.64. The second-order valence-corrected chi connectivity index (χ2v) is 10.2. The lowest BCUT2D eigenvalue weighted by atomic mass is 9.70. The fourth-order valence-corrected chi connectivity index (χ4v) is 5.82. The average molecular weight is 412 g/mol. The second kappa shape index (κ2) is 7.57. The monoisotopic (exact) mass is 411 g/mol. The topological polar surface area (TPSA) is 135 Å². The SMILES string of the molecule is CC1(C)[C@H]2CC[C@]1(CS(=O)(=O)O)C(=O)C2.C[C@](N)(Cc1ccccc1)C(=O)O. The first-order chi connectivity index (χ1) is 12.7. The third kappa shape index (κ3) is 4.45. The fourth-order valence-electron chi connectivity index (χ4n) is 4.52. The molecule has 0 spiro atoms. The molecule has 0 unspecified atom stereocenters. The van der Waals surface area contributed by atoms with Crippen LogP contribution >= 0.6 is 0 Å². The number of Topliss-reactive ketones (excluding diaryl/α,β-unsaturated/α-hetero) is 1. The standard InChI is InChI=1S/C10H13NO2.C10H16O4S/c1-10(11,9(12)13)7-8-5-3-2-4-6-8;1-9(2)7-3-4-10(9,8(11)5-7)6-15(12,13)14/h2-6H,7,11H2,1H3,(H,12,13);7H,3-6H2,1-2H3,(H,12,13,14)/t10-;7-,10-/m00/s1. The number of benzene rings is 1. The van der Waals surface area contributed by atoms with Gasteiger partial charge in [-0.2, -0.15) is 8.42 Å². The normalized spacial score (nSPS) is 27.6. The maximum absolute atomic E-state index is 11.9. The maximum Gasteiger partial charge on any atom is 0.323 e. The van der Waals surface area contributed by atoms with Crippen molar-refractivity contribution >= 4 is 21.9 Å². The van der Waals surface area contributed by atoms with Gasteiger partial charge >= 0.3 is 5.97 Å².